The number of guanidine groups is 1. The number of benzene rings is 1. The summed E-state index contributed by atoms with van der Waals surface area (Å²) in [6, 6.07) is 7.23. The van der Waals surface area contributed by atoms with Crippen LogP contribution in [-0.4, -0.2) is 49.0 Å². The largest absolute Gasteiger partial charge is 0.355 e. The summed E-state index contributed by atoms with van der Waals surface area (Å²) in [6.45, 7) is 3.86. The molecule has 26 heavy (non-hydrogen) atoms. The van der Waals surface area contributed by atoms with Crippen LogP contribution in [0.1, 0.15) is 18.3 Å². The molecule has 0 saturated carbocycles. The molecular formula is C16H25N7O2S. The van der Waals surface area contributed by atoms with Crippen molar-refractivity contribution < 1.29 is 8.42 Å². The highest BCUT2D eigenvalue weighted by Crippen LogP contribution is 2.15. The lowest BCUT2D eigenvalue weighted by Crippen LogP contribution is -2.38. The minimum Gasteiger partial charge on any atom is -0.355 e. The summed E-state index contributed by atoms with van der Waals surface area (Å²) < 4.78 is 27.5. The summed E-state index contributed by atoms with van der Waals surface area (Å²) in [5.74, 6) is 1.57. The van der Waals surface area contributed by atoms with E-state index in [0.717, 1.165) is 30.6 Å². The molecule has 10 heteroatoms. The molecule has 0 atom stereocenters. The standard InChI is InChI=1S/C16H25N7O2S/c1-4-15-21-20-12-23(15)10-9-18-16(17-2)19-11-13-7-5-6-8-14(13)22-26(3,24)25/h5-8,12,22H,4,9-11H2,1-3H3,(H2,17,18,19). The second-order valence-corrected chi connectivity index (χ2v) is 7.43. The Morgan fingerprint density at radius 2 is 2.04 bits per heavy atom. The van der Waals surface area contributed by atoms with Gasteiger partial charge in [0.2, 0.25) is 10.0 Å². The van der Waals surface area contributed by atoms with E-state index in [0.29, 0.717) is 24.7 Å². The topological polar surface area (TPSA) is 113 Å². The van der Waals surface area contributed by atoms with Gasteiger partial charge in [0, 0.05) is 33.1 Å². The van der Waals surface area contributed by atoms with Crippen LogP contribution in [0, 0.1) is 0 Å². The molecule has 0 aliphatic heterocycles. The molecule has 9 nitrogen and oxygen atoms in total. The molecule has 1 aromatic carbocycles. The van der Waals surface area contributed by atoms with E-state index < -0.39 is 10.0 Å². The molecule has 0 amide bonds. The number of para-hydroxylation sites is 1. The van der Waals surface area contributed by atoms with Crippen LogP contribution in [0.25, 0.3) is 0 Å². The first-order chi connectivity index (χ1) is 12.4. The van der Waals surface area contributed by atoms with Crippen molar-refractivity contribution in [2.75, 3.05) is 24.6 Å². The predicted octanol–water partition coefficient (Wildman–Crippen LogP) is 0.577. The summed E-state index contributed by atoms with van der Waals surface area (Å²) in [7, 11) is -1.64. The van der Waals surface area contributed by atoms with E-state index in [1.165, 1.54) is 0 Å². The SMILES string of the molecule is CCc1nncn1CCNC(=NC)NCc1ccccc1NS(C)(=O)=O. The van der Waals surface area contributed by atoms with E-state index in [1.807, 2.05) is 23.6 Å². The maximum atomic E-state index is 11.5. The highest BCUT2D eigenvalue weighted by molar-refractivity contribution is 7.92. The quantitative estimate of drug-likeness (QED) is 0.457. The van der Waals surface area contributed by atoms with Gasteiger partial charge in [-0.2, -0.15) is 0 Å². The first kappa shape index (κ1) is 19.7. The molecule has 1 heterocycles. The number of nitrogens with one attached hydrogen (secondary N) is 3. The van der Waals surface area contributed by atoms with Gasteiger partial charge in [0.1, 0.15) is 12.2 Å². The van der Waals surface area contributed by atoms with Crippen LogP contribution in [0.3, 0.4) is 0 Å². The molecule has 142 valence electrons. The molecule has 0 fully saturated rings. The van der Waals surface area contributed by atoms with Gasteiger partial charge in [-0.3, -0.25) is 9.71 Å². The zero-order valence-corrected chi connectivity index (χ0v) is 16.0. The van der Waals surface area contributed by atoms with Crippen molar-refractivity contribution in [3.8, 4) is 0 Å². The van der Waals surface area contributed by atoms with Crippen molar-refractivity contribution in [1.82, 2.24) is 25.4 Å². The normalized spacial score (nSPS) is 12.0. The van der Waals surface area contributed by atoms with Crippen molar-refractivity contribution >= 4 is 21.7 Å². The van der Waals surface area contributed by atoms with Crippen molar-refractivity contribution in [3.05, 3.63) is 42.0 Å². The van der Waals surface area contributed by atoms with E-state index in [4.69, 9.17) is 0 Å². The molecule has 0 unspecified atom stereocenters. The summed E-state index contributed by atoms with van der Waals surface area (Å²) in [4.78, 5) is 4.18. The van der Waals surface area contributed by atoms with Crippen LogP contribution in [0.15, 0.2) is 35.6 Å². The average Bonchev–Trinajstić information content (AvgIpc) is 3.05. The van der Waals surface area contributed by atoms with Crippen LogP contribution in [0.2, 0.25) is 0 Å². The smallest absolute Gasteiger partial charge is 0.229 e. The summed E-state index contributed by atoms with van der Waals surface area (Å²) in [5, 5.41) is 14.4. The van der Waals surface area contributed by atoms with Gasteiger partial charge in [-0.15, -0.1) is 10.2 Å². The average molecular weight is 379 g/mol. The minimum absolute atomic E-state index is 0.436. The van der Waals surface area contributed by atoms with E-state index in [-0.39, 0.29) is 0 Å². The molecule has 3 N–H and O–H groups in total. The predicted molar refractivity (Wildman–Crippen MR) is 103 cm³/mol. The van der Waals surface area contributed by atoms with E-state index in [2.05, 4.69) is 30.5 Å². The minimum atomic E-state index is -3.33. The highest BCUT2D eigenvalue weighted by Gasteiger charge is 2.08. The van der Waals surface area contributed by atoms with Gasteiger partial charge in [0.25, 0.3) is 0 Å². The van der Waals surface area contributed by atoms with Gasteiger partial charge < -0.3 is 15.2 Å². The Morgan fingerprint density at radius 3 is 2.73 bits per heavy atom. The molecule has 0 spiro atoms. The fourth-order valence-corrected chi connectivity index (χ4v) is 3.01. The van der Waals surface area contributed by atoms with Crippen molar-refractivity contribution in [3.63, 3.8) is 0 Å². The Labute approximate surface area is 154 Å². The van der Waals surface area contributed by atoms with Gasteiger partial charge in [0.05, 0.1) is 11.9 Å². The lowest BCUT2D eigenvalue weighted by molar-refractivity contribution is 0.606. The Bertz CT molecular complexity index is 846. The number of hydrogen-bond acceptors (Lipinski definition) is 5. The van der Waals surface area contributed by atoms with E-state index >= 15 is 0 Å². The summed E-state index contributed by atoms with van der Waals surface area (Å²) in [5.41, 5.74) is 1.38. The molecule has 0 aliphatic rings. The van der Waals surface area contributed by atoms with Gasteiger partial charge in [-0.25, -0.2) is 8.42 Å². The summed E-state index contributed by atoms with van der Waals surface area (Å²) in [6.07, 6.45) is 3.67. The molecular weight excluding hydrogens is 354 g/mol. The molecule has 0 aliphatic carbocycles. The van der Waals surface area contributed by atoms with Crippen molar-refractivity contribution in [2.24, 2.45) is 4.99 Å². The zero-order chi connectivity index (χ0) is 19.0. The molecule has 0 bridgehead atoms. The van der Waals surface area contributed by atoms with Gasteiger partial charge in [0.15, 0.2) is 5.96 Å². The third-order valence-electron chi connectivity index (χ3n) is 3.64. The Kier molecular flexibility index (Phi) is 6.96. The van der Waals surface area contributed by atoms with Crippen LogP contribution in [-0.2, 0) is 29.5 Å². The fraction of sp³-hybridized carbons (Fsp3) is 0.438. The van der Waals surface area contributed by atoms with E-state index in [9.17, 15) is 8.42 Å². The molecule has 2 rings (SSSR count). The monoisotopic (exact) mass is 379 g/mol. The molecule has 0 saturated heterocycles. The van der Waals surface area contributed by atoms with Crippen molar-refractivity contribution in [2.45, 2.75) is 26.4 Å². The highest BCUT2D eigenvalue weighted by atomic mass is 32.2. The van der Waals surface area contributed by atoms with E-state index in [1.54, 1.807) is 25.5 Å². The maximum Gasteiger partial charge on any atom is 0.229 e. The third kappa shape index (κ3) is 6.03. The van der Waals surface area contributed by atoms with Crippen LogP contribution in [0.5, 0.6) is 0 Å². The van der Waals surface area contributed by atoms with Gasteiger partial charge >= 0.3 is 0 Å². The molecule has 1 aromatic heterocycles. The number of nitrogens with zero attached hydrogens (tertiary/aromatic N) is 4. The van der Waals surface area contributed by atoms with Crippen LogP contribution >= 0.6 is 0 Å². The summed E-state index contributed by atoms with van der Waals surface area (Å²) >= 11 is 0. The first-order valence-corrected chi connectivity index (χ1v) is 10.2. The van der Waals surface area contributed by atoms with Gasteiger partial charge in [-0.1, -0.05) is 25.1 Å². The van der Waals surface area contributed by atoms with Crippen molar-refractivity contribution in [1.29, 1.82) is 0 Å². The lowest BCUT2D eigenvalue weighted by atomic mass is 10.2. The number of aromatic nitrogens is 3. The Morgan fingerprint density at radius 1 is 1.27 bits per heavy atom. The lowest BCUT2D eigenvalue weighted by Gasteiger charge is -2.15. The van der Waals surface area contributed by atoms with Crippen LogP contribution in [0.4, 0.5) is 5.69 Å². The fourth-order valence-electron chi connectivity index (χ4n) is 2.41. The number of aliphatic imine (C=N–C) groups is 1. The molecule has 2 aromatic rings. The molecule has 0 radical (unpaired) electrons. The number of aryl methyl sites for hydroxylation is 1. The second-order valence-electron chi connectivity index (χ2n) is 5.68. The van der Waals surface area contributed by atoms with Crippen LogP contribution < -0.4 is 15.4 Å². The Balaban J connectivity index is 1.89. The maximum absolute atomic E-state index is 11.5. The third-order valence-corrected chi connectivity index (χ3v) is 4.23. The Hall–Kier alpha value is -2.62. The first-order valence-electron chi connectivity index (χ1n) is 8.30. The zero-order valence-electron chi connectivity index (χ0n) is 15.2. The number of rotatable bonds is 8. The number of sulfonamides is 1. The van der Waals surface area contributed by atoms with Gasteiger partial charge in [-0.05, 0) is 11.6 Å². The number of hydrogen-bond donors (Lipinski definition) is 3. The number of anilines is 1. The second kappa shape index (κ2) is 9.18.